The van der Waals surface area contributed by atoms with Gasteiger partial charge < -0.3 is 0 Å². The highest BCUT2D eigenvalue weighted by atomic mass is 32.2. The van der Waals surface area contributed by atoms with Gasteiger partial charge in [-0.1, -0.05) is 54.3 Å². The number of rotatable bonds is 1. The van der Waals surface area contributed by atoms with Gasteiger partial charge in [-0.15, -0.1) is 10.2 Å². The molecule has 0 spiro atoms. The summed E-state index contributed by atoms with van der Waals surface area (Å²) < 4.78 is 29.3. The van der Waals surface area contributed by atoms with Crippen molar-refractivity contribution in [3.8, 4) is 23.0 Å². The first-order chi connectivity index (χ1) is 13.0. The van der Waals surface area contributed by atoms with E-state index in [2.05, 4.69) is 81.0 Å². The highest BCUT2D eigenvalue weighted by molar-refractivity contribution is 7.85. The number of aromatic nitrogens is 4. The first-order valence-electron chi connectivity index (χ1n) is 8.13. The molecule has 0 unspecified atom stereocenters. The summed E-state index contributed by atoms with van der Waals surface area (Å²) in [5.74, 6) is 6.49. The van der Waals surface area contributed by atoms with Crippen LogP contribution in [0.15, 0.2) is 53.6 Å². The van der Waals surface area contributed by atoms with Crippen molar-refractivity contribution >= 4 is 10.1 Å². The lowest BCUT2D eigenvalue weighted by molar-refractivity contribution is 0.472. The van der Waals surface area contributed by atoms with E-state index in [0.717, 1.165) is 18.4 Å². The Morgan fingerprint density at radius 1 is 0.963 bits per heavy atom. The van der Waals surface area contributed by atoms with E-state index in [1.165, 1.54) is 23.6 Å². The quantitative estimate of drug-likeness (QED) is 0.510. The van der Waals surface area contributed by atoms with Crippen LogP contribution >= 0.6 is 0 Å². The molecular formula is C19H16N4O3S. The summed E-state index contributed by atoms with van der Waals surface area (Å²) >= 11 is 0. The third-order valence-electron chi connectivity index (χ3n) is 3.90. The molecule has 1 aliphatic rings. The molecule has 0 atom stereocenters. The van der Waals surface area contributed by atoms with Crippen LogP contribution in [0.2, 0.25) is 0 Å². The second kappa shape index (κ2) is 8.03. The van der Waals surface area contributed by atoms with Crippen molar-refractivity contribution in [3.05, 3.63) is 65.4 Å². The fourth-order valence-electron chi connectivity index (χ4n) is 2.68. The maximum atomic E-state index is 10.4. The molecule has 27 heavy (non-hydrogen) atoms. The van der Waals surface area contributed by atoms with Gasteiger partial charge in [0.2, 0.25) is 5.03 Å². The van der Waals surface area contributed by atoms with Crippen LogP contribution in [0.5, 0.6) is 0 Å². The summed E-state index contributed by atoms with van der Waals surface area (Å²) in [6, 6.07) is 17.0. The van der Waals surface area contributed by atoms with Crippen LogP contribution in [0.1, 0.15) is 23.2 Å². The Balaban J connectivity index is 0.000000168. The van der Waals surface area contributed by atoms with Crippen LogP contribution in [-0.2, 0) is 16.5 Å². The van der Waals surface area contributed by atoms with Crippen molar-refractivity contribution in [1.82, 2.24) is 20.6 Å². The van der Waals surface area contributed by atoms with Crippen LogP contribution in [0.3, 0.4) is 0 Å². The summed E-state index contributed by atoms with van der Waals surface area (Å²) in [5, 5.41) is 11.8. The first-order valence-corrected chi connectivity index (χ1v) is 9.57. The molecule has 3 aromatic rings. The van der Waals surface area contributed by atoms with Gasteiger partial charge in [-0.05, 0) is 46.5 Å². The average Bonchev–Trinajstić information content (AvgIpc) is 2.64. The van der Waals surface area contributed by atoms with Crippen LogP contribution in [0.25, 0.3) is 11.1 Å². The second-order valence-corrected chi connectivity index (χ2v) is 7.09. The lowest BCUT2D eigenvalue weighted by atomic mass is 9.92. The van der Waals surface area contributed by atoms with E-state index >= 15 is 0 Å². The lowest BCUT2D eigenvalue weighted by Crippen LogP contribution is -2.08. The maximum Gasteiger partial charge on any atom is 0.316 e. The second-order valence-electron chi connectivity index (χ2n) is 5.75. The monoisotopic (exact) mass is 380 g/mol. The Labute approximate surface area is 157 Å². The highest BCUT2D eigenvalue weighted by Gasteiger charge is 2.16. The van der Waals surface area contributed by atoms with Gasteiger partial charge in [-0.2, -0.15) is 8.42 Å². The highest BCUT2D eigenvalue weighted by Crippen LogP contribution is 2.28. The summed E-state index contributed by atoms with van der Waals surface area (Å²) in [6.45, 7) is 1.35. The van der Waals surface area contributed by atoms with Gasteiger partial charge in [-0.25, -0.2) is 0 Å². The van der Waals surface area contributed by atoms with E-state index in [0.29, 0.717) is 0 Å². The smallest absolute Gasteiger partial charge is 0.281 e. The Hall–Kier alpha value is -3.15. The zero-order valence-corrected chi connectivity index (χ0v) is 15.3. The predicted octanol–water partition coefficient (Wildman–Crippen LogP) is 2.47. The molecular weight excluding hydrogens is 364 g/mol. The third-order valence-corrected chi connectivity index (χ3v) is 4.77. The fraction of sp³-hybridized carbons (Fsp3) is 0.158. The molecule has 8 heteroatoms. The Kier molecular flexibility index (Phi) is 5.54. The summed E-state index contributed by atoms with van der Waals surface area (Å²) in [5.41, 5.74) is 5.18. The Morgan fingerprint density at radius 2 is 1.63 bits per heavy atom. The topological polar surface area (TPSA) is 106 Å². The average molecular weight is 380 g/mol. The molecule has 2 aromatic carbocycles. The van der Waals surface area contributed by atoms with Gasteiger partial charge in [-0.3, -0.25) is 4.55 Å². The Morgan fingerprint density at radius 3 is 2.33 bits per heavy atom. The predicted molar refractivity (Wildman–Crippen MR) is 99.3 cm³/mol. The van der Waals surface area contributed by atoms with Crippen molar-refractivity contribution in [1.29, 1.82) is 0 Å². The molecule has 0 amide bonds. The molecule has 4 rings (SSSR count). The largest absolute Gasteiger partial charge is 0.316 e. The summed E-state index contributed by atoms with van der Waals surface area (Å²) in [4.78, 5) is 0. The van der Waals surface area contributed by atoms with Crippen molar-refractivity contribution in [2.24, 2.45) is 0 Å². The van der Waals surface area contributed by atoms with Crippen LogP contribution in [0.4, 0.5) is 0 Å². The van der Waals surface area contributed by atoms with Gasteiger partial charge in [0, 0.05) is 12.0 Å². The van der Waals surface area contributed by atoms with Gasteiger partial charge in [0.05, 0.1) is 0 Å². The molecule has 0 bridgehead atoms. The molecule has 1 N–H and O–H groups in total. The molecule has 0 radical (unpaired) electrons. The molecule has 0 aliphatic heterocycles. The molecule has 7 nitrogen and oxygen atoms in total. The number of hydrogen-bond acceptors (Lipinski definition) is 6. The van der Waals surface area contributed by atoms with E-state index in [4.69, 9.17) is 4.55 Å². The zero-order chi connectivity index (χ0) is 19.3. The molecule has 1 heterocycles. The molecule has 0 fully saturated rings. The summed E-state index contributed by atoms with van der Waals surface area (Å²) in [7, 11) is -4.31. The van der Waals surface area contributed by atoms with Gasteiger partial charge in [0.25, 0.3) is 0 Å². The SMILES string of the molecule is C1#Cc2ccccc2-c2ccccc2CC1.Cc1nnnnc1S(=O)(=O)O. The normalized spacial score (nSPS) is 12.1. The minimum absolute atomic E-state index is 0.0162. The van der Waals surface area contributed by atoms with Gasteiger partial charge in [0.1, 0.15) is 5.69 Å². The number of benzene rings is 2. The van der Waals surface area contributed by atoms with E-state index in [-0.39, 0.29) is 5.69 Å². The Bertz CT molecular complexity index is 1130. The van der Waals surface area contributed by atoms with Crippen molar-refractivity contribution in [3.63, 3.8) is 0 Å². The summed E-state index contributed by atoms with van der Waals surface area (Å²) in [6.07, 6.45) is 2.00. The van der Waals surface area contributed by atoms with Gasteiger partial charge in [0.15, 0.2) is 0 Å². The van der Waals surface area contributed by atoms with Crippen molar-refractivity contribution < 1.29 is 13.0 Å². The van der Waals surface area contributed by atoms with Crippen molar-refractivity contribution in [2.75, 3.05) is 0 Å². The lowest BCUT2D eigenvalue weighted by Gasteiger charge is -2.12. The van der Waals surface area contributed by atoms with Crippen LogP contribution in [0, 0.1) is 18.8 Å². The van der Waals surface area contributed by atoms with E-state index in [9.17, 15) is 8.42 Å². The van der Waals surface area contributed by atoms with E-state index in [1.807, 2.05) is 0 Å². The minimum atomic E-state index is -4.31. The number of aryl methyl sites for hydroxylation is 2. The zero-order valence-electron chi connectivity index (χ0n) is 14.5. The molecule has 1 aromatic heterocycles. The standard InChI is InChI=1S/C16H12.C3H4N4O3S/c1-2-8-14-10-4-6-12-16(14)15-11-5-3-9-13(15)7-1;1-2-3(11(8,9)10)5-7-6-4-2/h3-6,9-12H,1,7H2;1H3,(H,8,9,10). The van der Waals surface area contributed by atoms with Crippen LogP contribution in [-0.4, -0.2) is 33.6 Å². The molecule has 1 aliphatic carbocycles. The van der Waals surface area contributed by atoms with E-state index in [1.54, 1.807) is 0 Å². The number of nitrogens with zero attached hydrogens (tertiary/aromatic N) is 4. The number of hydrogen-bond donors (Lipinski definition) is 1. The molecule has 0 saturated heterocycles. The van der Waals surface area contributed by atoms with Gasteiger partial charge >= 0.3 is 10.1 Å². The van der Waals surface area contributed by atoms with Crippen molar-refractivity contribution in [2.45, 2.75) is 24.8 Å². The third kappa shape index (κ3) is 4.53. The first kappa shape index (κ1) is 18.6. The van der Waals surface area contributed by atoms with E-state index < -0.39 is 15.1 Å². The fourth-order valence-corrected chi connectivity index (χ4v) is 3.24. The number of fused-ring (bicyclic) bond motifs is 3. The molecule has 0 saturated carbocycles. The molecule has 136 valence electrons. The maximum absolute atomic E-state index is 10.4. The minimum Gasteiger partial charge on any atom is -0.281 e. The van der Waals surface area contributed by atoms with Crippen LogP contribution < -0.4 is 0 Å².